The van der Waals surface area contributed by atoms with Crippen LogP contribution in [-0.4, -0.2) is 39.8 Å². The second kappa shape index (κ2) is 9.78. The Morgan fingerprint density at radius 1 is 1.27 bits per heavy atom. The van der Waals surface area contributed by atoms with Gasteiger partial charge in [0, 0.05) is 38.2 Å². The van der Waals surface area contributed by atoms with E-state index >= 15 is 0 Å². The molecule has 1 N–H and O–H groups in total. The molecule has 1 saturated heterocycles. The van der Waals surface area contributed by atoms with E-state index in [0.717, 1.165) is 24.9 Å². The summed E-state index contributed by atoms with van der Waals surface area (Å²) in [6, 6.07) is 6.00. The normalized spacial score (nSPS) is 16.6. The second-order valence-corrected chi connectivity index (χ2v) is 8.31. The highest BCUT2D eigenvalue weighted by molar-refractivity contribution is 5.94. The lowest BCUT2D eigenvalue weighted by Gasteiger charge is -2.32. The molecule has 2 heterocycles. The van der Waals surface area contributed by atoms with Gasteiger partial charge in [-0.15, -0.1) is 0 Å². The molecule has 1 aromatic carbocycles. The molecule has 0 bridgehead atoms. The number of piperidine rings is 1. The number of carbonyl (C=O) groups is 2. The zero-order chi connectivity index (χ0) is 21.7. The number of benzene rings is 1. The molecule has 3 rings (SSSR count). The van der Waals surface area contributed by atoms with Crippen LogP contribution in [-0.2, 0) is 11.3 Å². The van der Waals surface area contributed by atoms with Crippen molar-refractivity contribution < 1.29 is 14.0 Å². The van der Waals surface area contributed by atoms with Gasteiger partial charge in [0.1, 0.15) is 11.6 Å². The summed E-state index contributed by atoms with van der Waals surface area (Å²) in [6.45, 7) is 7.60. The van der Waals surface area contributed by atoms with Crippen LogP contribution in [0.4, 0.5) is 4.39 Å². The number of rotatable bonds is 6. The number of aromatic nitrogens is 2. The standard InChI is InChI=1S/C23H29FN4O2/c1-15(2)11-21(29)28-10-4-5-18(14-28)22-25-13-20(16(3)27-22)23(30)26-12-17-6-8-19(24)9-7-17/h6-9,13,15,18H,4-5,10-12,14H2,1-3H3,(H,26,30)/t18-/m0/s1. The average molecular weight is 413 g/mol. The molecule has 0 radical (unpaired) electrons. The molecule has 0 spiro atoms. The van der Waals surface area contributed by atoms with Crippen molar-refractivity contribution in [3.63, 3.8) is 0 Å². The Bertz CT molecular complexity index is 899. The molecule has 1 aromatic heterocycles. The Morgan fingerprint density at radius 3 is 2.67 bits per heavy atom. The SMILES string of the molecule is Cc1nc([C@H]2CCCN(C(=O)CC(C)C)C2)ncc1C(=O)NCc1ccc(F)cc1. The van der Waals surface area contributed by atoms with Crippen molar-refractivity contribution in [1.82, 2.24) is 20.2 Å². The lowest BCUT2D eigenvalue weighted by molar-refractivity contribution is -0.133. The van der Waals surface area contributed by atoms with Crippen molar-refractivity contribution in [2.45, 2.75) is 52.5 Å². The first-order chi connectivity index (χ1) is 14.3. The van der Waals surface area contributed by atoms with Gasteiger partial charge in [-0.2, -0.15) is 0 Å². The molecule has 160 valence electrons. The summed E-state index contributed by atoms with van der Waals surface area (Å²) in [7, 11) is 0. The Balaban J connectivity index is 1.63. The van der Waals surface area contributed by atoms with Crippen LogP contribution in [0, 0.1) is 18.7 Å². The smallest absolute Gasteiger partial charge is 0.254 e. The average Bonchev–Trinajstić information content (AvgIpc) is 2.72. The molecule has 1 aliphatic heterocycles. The zero-order valence-electron chi connectivity index (χ0n) is 17.8. The minimum atomic E-state index is -0.308. The summed E-state index contributed by atoms with van der Waals surface area (Å²) in [5.41, 5.74) is 1.85. The maximum Gasteiger partial charge on any atom is 0.254 e. The highest BCUT2D eigenvalue weighted by Crippen LogP contribution is 2.26. The monoisotopic (exact) mass is 412 g/mol. The Morgan fingerprint density at radius 2 is 2.00 bits per heavy atom. The fraction of sp³-hybridized carbons (Fsp3) is 0.478. The number of aryl methyl sites for hydroxylation is 1. The van der Waals surface area contributed by atoms with Gasteiger partial charge in [0.2, 0.25) is 5.91 Å². The van der Waals surface area contributed by atoms with Gasteiger partial charge in [0.15, 0.2) is 0 Å². The molecule has 30 heavy (non-hydrogen) atoms. The Kier molecular flexibility index (Phi) is 7.13. The third kappa shape index (κ3) is 5.62. The number of hydrogen-bond acceptors (Lipinski definition) is 4. The van der Waals surface area contributed by atoms with Gasteiger partial charge in [0.05, 0.1) is 11.3 Å². The maximum atomic E-state index is 13.0. The minimum Gasteiger partial charge on any atom is -0.348 e. The van der Waals surface area contributed by atoms with Crippen molar-refractivity contribution in [3.05, 3.63) is 58.9 Å². The largest absolute Gasteiger partial charge is 0.348 e. The molecule has 0 saturated carbocycles. The van der Waals surface area contributed by atoms with Crippen LogP contribution in [0.5, 0.6) is 0 Å². The number of carbonyl (C=O) groups excluding carboxylic acids is 2. The van der Waals surface area contributed by atoms with E-state index in [1.54, 1.807) is 25.3 Å². The van der Waals surface area contributed by atoms with Crippen molar-refractivity contribution in [3.8, 4) is 0 Å². The predicted octanol–water partition coefficient (Wildman–Crippen LogP) is 3.61. The van der Waals surface area contributed by atoms with Crippen LogP contribution < -0.4 is 5.32 Å². The number of nitrogens with one attached hydrogen (secondary N) is 1. The summed E-state index contributed by atoms with van der Waals surface area (Å²) in [6.07, 6.45) is 3.98. The van der Waals surface area contributed by atoms with Gasteiger partial charge in [0.25, 0.3) is 5.91 Å². The van der Waals surface area contributed by atoms with Crippen LogP contribution in [0.3, 0.4) is 0 Å². The van der Waals surface area contributed by atoms with E-state index in [1.807, 2.05) is 18.7 Å². The number of likely N-dealkylation sites (tertiary alicyclic amines) is 1. The van der Waals surface area contributed by atoms with E-state index in [9.17, 15) is 14.0 Å². The molecule has 0 aliphatic carbocycles. The molecule has 6 nitrogen and oxygen atoms in total. The van der Waals surface area contributed by atoms with Crippen molar-refractivity contribution >= 4 is 11.8 Å². The molecular weight excluding hydrogens is 383 g/mol. The first-order valence-electron chi connectivity index (χ1n) is 10.5. The number of amides is 2. The highest BCUT2D eigenvalue weighted by Gasteiger charge is 2.27. The molecular formula is C23H29FN4O2. The van der Waals surface area contributed by atoms with Crippen molar-refractivity contribution in [2.24, 2.45) is 5.92 Å². The fourth-order valence-electron chi connectivity index (χ4n) is 3.68. The Hall–Kier alpha value is -2.83. The van der Waals surface area contributed by atoms with E-state index in [2.05, 4.69) is 15.3 Å². The van der Waals surface area contributed by atoms with Gasteiger partial charge < -0.3 is 10.2 Å². The van der Waals surface area contributed by atoms with E-state index in [-0.39, 0.29) is 23.5 Å². The zero-order valence-corrected chi connectivity index (χ0v) is 17.8. The lowest BCUT2D eigenvalue weighted by Crippen LogP contribution is -2.40. The molecule has 1 atom stereocenters. The summed E-state index contributed by atoms with van der Waals surface area (Å²) < 4.78 is 13.0. The number of hydrogen-bond donors (Lipinski definition) is 1. The maximum absolute atomic E-state index is 13.0. The van der Waals surface area contributed by atoms with Gasteiger partial charge in [-0.25, -0.2) is 14.4 Å². The highest BCUT2D eigenvalue weighted by atomic mass is 19.1. The topological polar surface area (TPSA) is 75.2 Å². The summed E-state index contributed by atoms with van der Waals surface area (Å²) in [4.78, 5) is 35.9. The lowest BCUT2D eigenvalue weighted by atomic mass is 9.96. The van der Waals surface area contributed by atoms with E-state index < -0.39 is 0 Å². The second-order valence-electron chi connectivity index (χ2n) is 8.31. The summed E-state index contributed by atoms with van der Waals surface area (Å²) in [5, 5.41) is 2.82. The minimum absolute atomic E-state index is 0.0879. The fourth-order valence-corrected chi connectivity index (χ4v) is 3.68. The summed E-state index contributed by atoms with van der Waals surface area (Å²) in [5.74, 6) is 0.722. The van der Waals surface area contributed by atoms with Crippen molar-refractivity contribution in [2.75, 3.05) is 13.1 Å². The van der Waals surface area contributed by atoms with Crippen LogP contribution in [0.1, 0.15) is 66.5 Å². The van der Waals surface area contributed by atoms with Crippen molar-refractivity contribution in [1.29, 1.82) is 0 Å². The van der Waals surface area contributed by atoms with Gasteiger partial charge >= 0.3 is 0 Å². The predicted molar refractivity (Wildman–Crippen MR) is 112 cm³/mol. The number of nitrogens with zero attached hydrogens (tertiary/aromatic N) is 3. The van der Waals surface area contributed by atoms with Crippen LogP contribution in [0.2, 0.25) is 0 Å². The van der Waals surface area contributed by atoms with Crippen LogP contribution >= 0.6 is 0 Å². The molecule has 2 aromatic rings. The first-order valence-corrected chi connectivity index (χ1v) is 10.5. The first kappa shape index (κ1) is 21.9. The van der Waals surface area contributed by atoms with Crippen LogP contribution in [0.25, 0.3) is 0 Å². The van der Waals surface area contributed by atoms with E-state index in [4.69, 9.17) is 0 Å². The molecule has 2 amide bonds. The third-order valence-electron chi connectivity index (χ3n) is 5.33. The van der Waals surface area contributed by atoms with Gasteiger partial charge in [-0.3, -0.25) is 9.59 Å². The van der Waals surface area contributed by atoms with Crippen LogP contribution in [0.15, 0.2) is 30.5 Å². The molecule has 7 heteroatoms. The third-order valence-corrected chi connectivity index (χ3v) is 5.33. The molecule has 0 unspecified atom stereocenters. The molecule has 1 aliphatic rings. The van der Waals surface area contributed by atoms with E-state index in [1.165, 1.54) is 12.1 Å². The molecule has 1 fully saturated rings. The van der Waals surface area contributed by atoms with E-state index in [0.29, 0.717) is 42.5 Å². The quantitative estimate of drug-likeness (QED) is 0.787. The summed E-state index contributed by atoms with van der Waals surface area (Å²) >= 11 is 0. The van der Waals surface area contributed by atoms with Gasteiger partial charge in [-0.1, -0.05) is 26.0 Å². The number of halogens is 1. The van der Waals surface area contributed by atoms with Gasteiger partial charge in [-0.05, 0) is 43.4 Å². The Labute approximate surface area is 176 Å².